The molecule has 1 aromatic carbocycles. The number of carbonyl (C=O) groups excluding carboxylic acids is 1. The Morgan fingerprint density at radius 2 is 1.82 bits per heavy atom. The fraction of sp³-hybridized carbons (Fsp3) is 0.462. The van der Waals surface area contributed by atoms with Gasteiger partial charge in [-0.2, -0.15) is 0 Å². The van der Waals surface area contributed by atoms with Gasteiger partial charge in [0.05, 0.1) is 5.54 Å². The van der Waals surface area contributed by atoms with E-state index in [9.17, 15) is 4.79 Å². The van der Waals surface area contributed by atoms with Crippen LogP contribution >= 0.6 is 11.6 Å². The molecule has 1 amide bonds. The van der Waals surface area contributed by atoms with Crippen molar-refractivity contribution in [1.82, 2.24) is 5.32 Å². The van der Waals surface area contributed by atoms with E-state index >= 15 is 0 Å². The largest absolute Gasteiger partial charge is 0.508 e. The number of phenolic OH excluding ortho intramolecular Hbond substituents is 1. The van der Waals surface area contributed by atoms with Crippen LogP contribution in [-0.2, 0) is 0 Å². The first-order valence-corrected chi connectivity index (χ1v) is 6.28. The number of amides is 1. The van der Waals surface area contributed by atoms with Crippen LogP contribution in [0.25, 0.3) is 0 Å². The number of aromatic hydroxyl groups is 1. The molecule has 1 aromatic rings. The Kier molecular flexibility index (Phi) is 4.82. The lowest BCUT2D eigenvalue weighted by molar-refractivity contribution is 0.0902. The van der Waals surface area contributed by atoms with Crippen LogP contribution in [0, 0.1) is 0 Å². The normalized spacial score (nSPS) is 11.2. The van der Waals surface area contributed by atoms with Crippen LogP contribution < -0.4 is 5.32 Å². The fourth-order valence-corrected chi connectivity index (χ4v) is 2.02. The Morgan fingerprint density at radius 1 is 1.29 bits per heavy atom. The summed E-state index contributed by atoms with van der Waals surface area (Å²) in [5, 5.41) is 12.1. The van der Waals surface area contributed by atoms with E-state index in [1.165, 1.54) is 12.1 Å². The molecule has 0 heterocycles. The summed E-state index contributed by atoms with van der Waals surface area (Å²) in [6.45, 7) is 4.01. The number of benzene rings is 1. The van der Waals surface area contributed by atoms with Gasteiger partial charge < -0.3 is 10.4 Å². The van der Waals surface area contributed by atoms with E-state index in [4.69, 9.17) is 16.7 Å². The summed E-state index contributed by atoms with van der Waals surface area (Å²) in [7, 11) is 0. The number of hydrogen-bond acceptors (Lipinski definition) is 2. The van der Waals surface area contributed by atoms with Crippen LogP contribution in [0.3, 0.4) is 0 Å². The average molecular weight is 256 g/mol. The number of alkyl halides is 1. The van der Waals surface area contributed by atoms with Crippen molar-refractivity contribution in [3.63, 3.8) is 0 Å². The lowest BCUT2D eigenvalue weighted by Crippen LogP contribution is -2.49. The van der Waals surface area contributed by atoms with E-state index in [0.717, 1.165) is 12.8 Å². The van der Waals surface area contributed by atoms with Crippen LogP contribution in [0.15, 0.2) is 24.3 Å². The minimum atomic E-state index is -0.351. The number of hydrogen-bond donors (Lipinski definition) is 2. The highest BCUT2D eigenvalue weighted by Gasteiger charge is 2.27. The maximum atomic E-state index is 12.0. The molecule has 2 N–H and O–H groups in total. The van der Waals surface area contributed by atoms with E-state index in [2.05, 4.69) is 5.32 Å². The SMILES string of the molecule is CCC(CC)(CCl)NC(=O)c1ccc(O)cc1. The number of phenols is 1. The van der Waals surface area contributed by atoms with Gasteiger partial charge in [0.15, 0.2) is 0 Å². The predicted molar refractivity (Wildman–Crippen MR) is 69.6 cm³/mol. The molecule has 0 radical (unpaired) electrons. The topological polar surface area (TPSA) is 49.3 Å². The predicted octanol–water partition coefficient (Wildman–Crippen LogP) is 2.92. The van der Waals surface area contributed by atoms with E-state index < -0.39 is 0 Å². The van der Waals surface area contributed by atoms with Gasteiger partial charge in [-0.15, -0.1) is 11.6 Å². The van der Waals surface area contributed by atoms with Gasteiger partial charge in [0.2, 0.25) is 0 Å². The van der Waals surface area contributed by atoms with Gasteiger partial charge in [0, 0.05) is 11.4 Å². The van der Waals surface area contributed by atoms with E-state index in [1.54, 1.807) is 12.1 Å². The second-order valence-corrected chi connectivity index (χ2v) is 4.39. The summed E-state index contributed by atoms with van der Waals surface area (Å²) < 4.78 is 0. The molecule has 0 saturated carbocycles. The van der Waals surface area contributed by atoms with Crippen molar-refractivity contribution in [2.75, 3.05) is 5.88 Å². The monoisotopic (exact) mass is 255 g/mol. The molecular weight excluding hydrogens is 238 g/mol. The summed E-state index contributed by atoms with van der Waals surface area (Å²) >= 11 is 5.93. The summed E-state index contributed by atoms with van der Waals surface area (Å²) in [6, 6.07) is 6.17. The molecule has 0 bridgehead atoms. The summed E-state index contributed by atoms with van der Waals surface area (Å²) in [5.74, 6) is 0.384. The van der Waals surface area contributed by atoms with Gasteiger partial charge in [-0.3, -0.25) is 4.79 Å². The Balaban J connectivity index is 2.81. The van der Waals surface area contributed by atoms with Crippen molar-refractivity contribution >= 4 is 17.5 Å². The zero-order valence-corrected chi connectivity index (χ0v) is 10.9. The van der Waals surface area contributed by atoms with Crippen molar-refractivity contribution in [2.24, 2.45) is 0 Å². The van der Waals surface area contributed by atoms with Crippen molar-refractivity contribution in [1.29, 1.82) is 0 Å². The van der Waals surface area contributed by atoms with Crippen LogP contribution in [0.5, 0.6) is 5.75 Å². The van der Waals surface area contributed by atoms with Crippen LogP contribution in [0.4, 0.5) is 0 Å². The molecule has 0 aliphatic heterocycles. The summed E-state index contributed by atoms with van der Waals surface area (Å²) in [6.07, 6.45) is 1.58. The van der Waals surface area contributed by atoms with Crippen molar-refractivity contribution in [3.8, 4) is 5.75 Å². The van der Waals surface area contributed by atoms with Crippen LogP contribution in [0.2, 0.25) is 0 Å². The molecule has 4 heteroatoms. The smallest absolute Gasteiger partial charge is 0.251 e. The third kappa shape index (κ3) is 3.37. The number of carbonyl (C=O) groups is 1. The van der Waals surface area contributed by atoms with E-state index in [-0.39, 0.29) is 17.2 Å². The maximum Gasteiger partial charge on any atom is 0.251 e. The van der Waals surface area contributed by atoms with Gasteiger partial charge in [0.25, 0.3) is 5.91 Å². The van der Waals surface area contributed by atoms with E-state index in [1.807, 2.05) is 13.8 Å². The van der Waals surface area contributed by atoms with Crippen LogP contribution in [-0.4, -0.2) is 22.4 Å². The highest BCUT2D eigenvalue weighted by molar-refractivity contribution is 6.18. The summed E-state index contributed by atoms with van der Waals surface area (Å²) in [4.78, 5) is 12.0. The number of nitrogens with one attached hydrogen (secondary N) is 1. The molecule has 0 aliphatic carbocycles. The van der Waals surface area contributed by atoms with Crippen molar-refractivity contribution < 1.29 is 9.90 Å². The first-order chi connectivity index (χ1) is 8.06. The highest BCUT2D eigenvalue weighted by Crippen LogP contribution is 2.18. The highest BCUT2D eigenvalue weighted by atomic mass is 35.5. The molecule has 0 aliphatic rings. The zero-order chi connectivity index (χ0) is 12.9. The molecule has 0 atom stereocenters. The maximum absolute atomic E-state index is 12.0. The zero-order valence-electron chi connectivity index (χ0n) is 10.2. The minimum Gasteiger partial charge on any atom is -0.508 e. The fourth-order valence-electron chi connectivity index (χ4n) is 1.57. The second kappa shape index (κ2) is 5.92. The van der Waals surface area contributed by atoms with Gasteiger partial charge in [-0.05, 0) is 37.1 Å². The average Bonchev–Trinajstić information content (AvgIpc) is 2.37. The van der Waals surface area contributed by atoms with Crippen LogP contribution in [0.1, 0.15) is 37.0 Å². The Labute approximate surface area is 107 Å². The molecule has 0 unspecified atom stereocenters. The first-order valence-electron chi connectivity index (χ1n) is 5.74. The van der Waals surface area contributed by atoms with Crippen molar-refractivity contribution in [2.45, 2.75) is 32.2 Å². The van der Waals surface area contributed by atoms with Gasteiger partial charge in [0.1, 0.15) is 5.75 Å². The number of halogens is 1. The first kappa shape index (κ1) is 13.8. The Morgan fingerprint density at radius 3 is 2.24 bits per heavy atom. The molecule has 94 valence electrons. The molecule has 0 spiro atoms. The van der Waals surface area contributed by atoms with Gasteiger partial charge in [-0.25, -0.2) is 0 Å². The number of rotatable bonds is 5. The van der Waals surface area contributed by atoms with Crippen molar-refractivity contribution in [3.05, 3.63) is 29.8 Å². The lowest BCUT2D eigenvalue weighted by Gasteiger charge is -2.30. The minimum absolute atomic E-state index is 0.149. The molecule has 3 nitrogen and oxygen atoms in total. The molecule has 17 heavy (non-hydrogen) atoms. The Bertz CT molecular complexity index is 363. The van der Waals surface area contributed by atoms with Gasteiger partial charge in [-0.1, -0.05) is 13.8 Å². The molecule has 0 fully saturated rings. The summed E-state index contributed by atoms with van der Waals surface area (Å²) in [5.41, 5.74) is 0.176. The molecular formula is C13H18ClNO2. The second-order valence-electron chi connectivity index (χ2n) is 4.12. The lowest BCUT2D eigenvalue weighted by atomic mass is 9.94. The molecule has 1 rings (SSSR count). The Hall–Kier alpha value is -1.22. The third-order valence-corrected chi connectivity index (χ3v) is 3.63. The van der Waals surface area contributed by atoms with E-state index in [0.29, 0.717) is 11.4 Å². The standard InChI is InChI=1S/C13H18ClNO2/c1-3-13(4-2,9-14)15-12(17)10-5-7-11(16)8-6-10/h5-8,16H,3-4,9H2,1-2H3,(H,15,17). The molecule has 0 aromatic heterocycles. The molecule has 0 saturated heterocycles. The quantitative estimate of drug-likeness (QED) is 0.795. The third-order valence-electron chi connectivity index (χ3n) is 3.12. The van der Waals surface area contributed by atoms with Gasteiger partial charge >= 0.3 is 0 Å².